The molecule has 6 nitrogen and oxygen atoms in total. The lowest BCUT2D eigenvalue weighted by atomic mass is 9.81. The standard InChI is InChI=1S/C22H24N4O2S3/c1-3-26-20(28)18-15(16-8-7-11-29-16)12-30-19(18)24-21(26)31-13-17(27)25(2)22(14-23)9-5-4-6-10-22/h7-8,11-12H,3-6,9-10,13H2,1-2H3. The smallest absolute Gasteiger partial charge is 0.263 e. The molecule has 3 aromatic rings. The van der Waals surface area contributed by atoms with E-state index in [-0.39, 0.29) is 17.2 Å². The lowest BCUT2D eigenvalue weighted by Crippen LogP contribution is -2.50. The molecular weight excluding hydrogens is 448 g/mol. The molecule has 3 aromatic heterocycles. The Balaban J connectivity index is 1.59. The fourth-order valence-corrected chi connectivity index (χ4v) is 6.91. The number of hydrogen-bond donors (Lipinski definition) is 0. The molecule has 0 unspecified atom stereocenters. The van der Waals surface area contributed by atoms with Gasteiger partial charge in [-0.3, -0.25) is 14.2 Å². The van der Waals surface area contributed by atoms with E-state index in [4.69, 9.17) is 4.98 Å². The molecule has 1 amide bonds. The summed E-state index contributed by atoms with van der Waals surface area (Å²) in [5.74, 6) is 0.0528. The fourth-order valence-electron chi connectivity index (χ4n) is 4.13. The highest BCUT2D eigenvalue weighted by Gasteiger charge is 2.38. The van der Waals surface area contributed by atoms with Crippen LogP contribution in [0.2, 0.25) is 0 Å². The SMILES string of the molecule is CCn1c(SCC(=O)N(C)C2(C#N)CCCCC2)nc2scc(-c3cccs3)c2c1=O. The van der Waals surface area contributed by atoms with Crippen LogP contribution in [-0.4, -0.2) is 38.7 Å². The maximum Gasteiger partial charge on any atom is 0.263 e. The van der Waals surface area contributed by atoms with Crippen molar-refractivity contribution in [3.63, 3.8) is 0 Å². The first-order chi connectivity index (χ1) is 15.0. The summed E-state index contributed by atoms with van der Waals surface area (Å²) in [6.45, 7) is 2.40. The topological polar surface area (TPSA) is 79.0 Å². The maximum atomic E-state index is 13.3. The van der Waals surface area contributed by atoms with Crippen LogP contribution in [-0.2, 0) is 11.3 Å². The second-order valence-corrected chi connectivity index (χ2v) is 10.4. The van der Waals surface area contributed by atoms with E-state index >= 15 is 0 Å². The highest BCUT2D eigenvalue weighted by Crippen LogP contribution is 2.35. The maximum absolute atomic E-state index is 13.3. The van der Waals surface area contributed by atoms with Gasteiger partial charge in [0.05, 0.1) is 17.2 Å². The number of rotatable bonds is 6. The van der Waals surface area contributed by atoms with E-state index in [2.05, 4.69) is 6.07 Å². The summed E-state index contributed by atoms with van der Waals surface area (Å²) in [5.41, 5.74) is 0.151. The van der Waals surface area contributed by atoms with Gasteiger partial charge >= 0.3 is 0 Å². The number of hydrogen-bond acceptors (Lipinski definition) is 7. The molecule has 9 heteroatoms. The van der Waals surface area contributed by atoms with Crippen LogP contribution in [0.25, 0.3) is 20.7 Å². The molecule has 0 spiro atoms. The van der Waals surface area contributed by atoms with Gasteiger partial charge in [0.1, 0.15) is 10.4 Å². The Hall–Kier alpha value is -2.15. The lowest BCUT2D eigenvalue weighted by Gasteiger charge is -2.39. The number of thioether (sulfide) groups is 1. The number of amides is 1. The molecule has 31 heavy (non-hydrogen) atoms. The largest absolute Gasteiger partial charge is 0.326 e. The van der Waals surface area contributed by atoms with Crippen LogP contribution in [0.1, 0.15) is 39.0 Å². The monoisotopic (exact) mass is 472 g/mol. The average Bonchev–Trinajstić information content (AvgIpc) is 3.47. The summed E-state index contributed by atoms with van der Waals surface area (Å²) in [4.78, 5) is 34.3. The van der Waals surface area contributed by atoms with Crippen LogP contribution in [0.4, 0.5) is 0 Å². The summed E-state index contributed by atoms with van der Waals surface area (Å²) in [7, 11) is 1.73. The zero-order chi connectivity index (χ0) is 22.0. The van der Waals surface area contributed by atoms with Crippen molar-refractivity contribution in [2.75, 3.05) is 12.8 Å². The van der Waals surface area contributed by atoms with Gasteiger partial charge in [-0.1, -0.05) is 37.1 Å². The molecular formula is C22H24N4O2S3. The van der Waals surface area contributed by atoms with Crippen molar-refractivity contribution in [2.24, 2.45) is 0 Å². The summed E-state index contributed by atoms with van der Waals surface area (Å²) in [5, 5.41) is 14.9. The Morgan fingerprint density at radius 2 is 2.13 bits per heavy atom. The predicted molar refractivity (Wildman–Crippen MR) is 128 cm³/mol. The molecule has 1 aliphatic carbocycles. The number of carbonyl (C=O) groups is 1. The van der Waals surface area contributed by atoms with E-state index in [0.717, 1.165) is 42.5 Å². The van der Waals surface area contributed by atoms with E-state index in [9.17, 15) is 14.9 Å². The first-order valence-corrected chi connectivity index (χ1v) is 13.1. The quantitative estimate of drug-likeness (QED) is 0.373. The molecule has 0 atom stereocenters. The third kappa shape index (κ3) is 4.04. The van der Waals surface area contributed by atoms with E-state index in [0.29, 0.717) is 21.9 Å². The third-order valence-electron chi connectivity index (χ3n) is 5.99. The zero-order valence-electron chi connectivity index (χ0n) is 17.6. The minimum Gasteiger partial charge on any atom is -0.326 e. The van der Waals surface area contributed by atoms with E-state index < -0.39 is 5.54 Å². The third-order valence-corrected chi connectivity index (χ3v) is 8.73. The molecule has 0 aliphatic heterocycles. The summed E-state index contributed by atoms with van der Waals surface area (Å²) < 4.78 is 1.64. The predicted octanol–water partition coefficient (Wildman–Crippen LogP) is 4.98. The molecule has 0 N–H and O–H groups in total. The first-order valence-electron chi connectivity index (χ1n) is 10.4. The molecule has 3 heterocycles. The minimum atomic E-state index is -0.707. The van der Waals surface area contributed by atoms with E-state index in [1.165, 1.54) is 23.1 Å². The molecule has 1 fully saturated rings. The van der Waals surface area contributed by atoms with Gasteiger partial charge in [-0.25, -0.2) is 4.98 Å². The Morgan fingerprint density at radius 3 is 2.77 bits per heavy atom. The zero-order valence-corrected chi connectivity index (χ0v) is 20.0. The second kappa shape index (κ2) is 9.15. The molecule has 4 rings (SSSR count). The van der Waals surface area contributed by atoms with Crippen molar-refractivity contribution in [1.29, 1.82) is 5.26 Å². The van der Waals surface area contributed by atoms with E-state index in [1.807, 2.05) is 29.8 Å². The van der Waals surface area contributed by atoms with Gasteiger partial charge in [-0.15, -0.1) is 22.7 Å². The van der Waals surface area contributed by atoms with Gasteiger partial charge in [0.25, 0.3) is 5.56 Å². The van der Waals surface area contributed by atoms with Gasteiger partial charge in [-0.05, 0) is 31.2 Å². The fraction of sp³-hybridized carbons (Fsp3) is 0.455. The van der Waals surface area contributed by atoms with Crippen molar-refractivity contribution in [3.8, 4) is 16.5 Å². The number of nitrogens with zero attached hydrogens (tertiary/aromatic N) is 4. The van der Waals surface area contributed by atoms with Crippen LogP contribution >= 0.6 is 34.4 Å². The summed E-state index contributed by atoms with van der Waals surface area (Å²) in [6.07, 6.45) is 4.50. The Labute approximate surface area is 193 Å². The molecule has 1 saturated carbocycles. The number of thiophene rings is 2. The van der Waals surface area contributed by atoms with Crippen molar-refractivity contribution >= 4 is 50.6 Å². The molecule has 162 valence electrons. The molecule has 0 aromatic carbocycles. The Morgan fingerprint density at radius 1 is 1.35 bits per heavy atom. The highest BCUT2D eigenvalue weighted by molar-refractivity contribution is 7.99. The van der Waals surface area contributed by atoms with E-state index in [1.54, 1.807) is 27.9 Å². The first kappa shape index (κ1) is 22.1. The van der Waals surface area contributed by atoms with Gasteiger partial charge in [0.15, 0.2) is 5.16 Å². The molecule has 0 bridgehead atoms. The average molecular weight is 473 g/mol. The van der Waals surface area contributed by atoms with Crippen molar-refractivity contribution in [2.45, 2.75) is 56.3 Å². The molecule has 1 aliphatic rings. The summed E-state index contributed by atoms with van der Waals surface area (Å²) in [6, 6.07) is 6.38. The number of carbonyl (C=O) groups excluding carboxylic acids is 1. The van der Waals surface area contributed by atoms with Crippen LogP contribution in [0, 0.1) is 11.3 Å². The Kier molecular flexibility index (Phi) is 6.51. The number of nitriles is 1. The van der Waals surface area contributed by atoms with Gasteiger partial charge in [0, 0.05) is 29.4 Å². The second-order valence-electron chi connectivity index (χ2n) is 7.70. The minimum absolute atomic E-state index is 0.0683. The Bertz CT molecular complexity index is 1180. The van der Waals surface area contributed by atoms with Crippen LogP contribution in [0.15, 0.2) is 32.8 Å². The molecule has 0 radical (unpaired) electrons. The number of fused-ring (bicyclic) bond motifs is 1. The van der Waals surface area contributed by atoms with Crippen molar-refractivity contribution < 1.29 is 4.79 Å². The lowest BCUT2D eigenvalue weighted by molar-refractivity contribution is -0.131. The van der Waals surface area contributed by atoms with Gasteiger partial charge in [-0.2, -0.15) is 5.26 Å². The van der Waals surface area contributed by atoms with Crippen LogP contribution in [0.5, 0.6) is 0 Å². The van der Waals surface area contributed by atoms with Crippen LogP contribution in [0.3, 0.4) is 0 Å². The summed E-state index contributed by atoms with van der Waals surface area (Å²) >= 11 is 4.34. The van der Waals surface area contributed by atoms with Crippen molar-refractivity contribution in [3.05, 3.63) is 33.2 Å². The van der Waals surface area contributed by atoms with Gasteiger partial charge in [0.2, 0.25) is 5.91 Å². The highest BCUT2D eigenvalue weighted by atomic mass is 32.2. The molecule has 0 saturated heterocycles. The van der Waals surface area contributed by atoms with Crippen molar-refractivity contribution in [1.82, 2.24) is 14.5 Å². The van der Waals surface area contributed by atoms with Gasteiger partial charge < -0.3 is 4.90 Å². The normalized spacial score (nSPS) is 15.6. The number of aromatic nitrogens is 2. The van der Waals surface area contributed by atoms with Crippen LogP contribution < -0.4 is 5.56 Å².